The van der Waals surface area contributed by atoms with Gasteiger partial charge in [0.05, 0.1) is 0 Å². The number of carboxylic acid groups (broad SMARTS) is 1. The summed E-state index contributed by atoms with van der Waals surface area (Å²) in [5.41, 5.74) is 5.38. The van der Waals surface area contributed by atoms with E-state index >= 15 is 0 Å². The Hall–Kier alpha value is -0.260. The molecule has 1 aliphatic rings. The zero-order valence-corrected chi connectivity index (χ0v) is 9.13. The number of thioether (sulfide) groups is 1. The van der Waals surface area contributed by atoms with Crippen LogP contribution in [0.25, 0.3) is 0 Å². The second kappa shape index (κ2) is 6.27. The van der Waals surface area contributed by atoms with Gasteiger partial charge in [-0.05, 0) is 25.9 Å². The van der Waals surface area contributed by atoms with E-state index in [0.29, 0.717) is 5.75 Å². The van der Waals surface area contributed by atoms with Gasteiger partial charge in [0.25, 0.3) is 0 Å². The van der Waals surface area contributed by atoms with Crippen LogP contribution in [0.2, 0.25) is 0 Å². The Morgan fingerprint density at radius 1 is 1.50 bits per heavy atom. The molecule has 0 radical (unpaired) electrons. The van der Waals surface area contributed by atoms with Gasteiger partial charge in [-0.1, -0.05) is 0 Å². The smallest absolute Gasteiger partial charge is 0.321 e. The van der Waals surface area contributed by atoms with Crippen LogP contribution >= 0.6 is 11.8 Å². The Kier molecular flexibility index (Phi) is 5.29. The molecule has 1 saturated heterocycles. The second-order valence-electron chi connectivity index (χ2n) is 3.57. The molecule has 0 saturated carbocycles. The highest BCUT2D eigenvalue weighted by molar-refractivity contribution is 7.99. The van der Waals surface area contributed by atoms with Gasteiger partial charge in [0.15, 0.2) is 0 Å². The maximum absolute atomic E-state index is 10.4. The molecule has 4 nitrogen and oxygen atoms in total. The van der Waals surface area contributed by atoms with Crippen molar-refractivity contribution in [3.05, 3.63) is 0 Å². The first-order chi connectivity index (χ1) is 6.70. The van der Waals surface area contributed by atoms with E-state index < -0.39 is 12.0 Å². The third-order valence-corrected chi connectivity index (χ3v) is 3.43. The average molecular weight is 218 g/mol. The van der Waals surface area contributed by atoms with Crippen LogP contribution in [0.1, 0.15) is 12.8 Å². The lowest BCUT2D eigenvalue weighted by atomic mass is 10.4. The summed E-state index contributed by atoms with van der Waals surface area (Å²) >= 11 is 1.63. The van der Waals surface area contributed by atoms with Crippen molar-refractivity contribution in [1.82, 2.24) is 4.90 Å². The fourth-order valence-corrected chi connectivity index (χ4v) is 2.43. The number of carbonyl (C=O) groups is 1. The van der Waals surface area contributed by atoms with E-state index in [1.54, 1.807) is 11.8 Å². The molecule has 0 aromatic heterocycles. The Balaban J connectivity index is 1.95. The predicted octanol–water partition coefficient (Wildman–Crippen LogP) is 0.227. The summed E-state index contributed by atoms with van der Waals surface area (Å²) in [6, 6.07) is -0.710. The summed E-state index contributed by atoms with van der Waals surface area (Å²) in [4.78, 5) is 12.8. The highest BCUT2D eigenvalue weighted by Crippen LogP contribution is 2.09. The molecule has 0 spiro atoms. The van der Waals surface area contributed by atoms with Crippen molar-refractivity contribution < 1.29 is 9.90 Å². The molecule has 0 bridgehead atoms. The topological polar surface area (TPSA) is 66.6 Å². The molecule has 3 N–H and O–H groups in total. The molecule has 0 aromatic rings. The quantitative estimate of drug-likeness (QED) is 0.625. The molecule has 0 aromatic carbocycles. The summed E-state index contributed by atoms with van der Waals surface area (Å²) in [5, 5.41) is 8.54. The van der Waals surface area contributed by atoms with E-state index in [0.717, 1.165) is 12.3 Å². The van der Waals surface area contributed by atoms with E-state index in [1.165, 1.54) is 25.9 Å². The monoisotopic (exact) mass is 218 g/mol. The lowest BCUT2D eigenvalue weighted by molar-refractivity contribution is -0.137. The van der Waals surface area contributed by atoms with Gasteiger partial charge >= 0.3 is 5.97 Å². The van der Waals surface area contributed by atoms with Gasteiger partial charge in [0.1, 0.15) is 6.04 Å². The Bertz CT molecular complexity index is 184. The van der Waals surface area contributed by atoms with Crippen LogP contribution in [0.3, 0.4) is 0 Å². The van der Waals surface area contributed by atoms with E-state index in [1.807, 2.05) is 0 Å². The van der Waals surface area contributed by atoms with E-state index in [4.69, 9.17) is 10.8 Å². The van der Waals surface area contributed by atoms with Gasteiger partial charge in [0.2, 0.25) is 0 Å². The number of rotatable bonds is 6. The molecule has 1 atom stereocenters. The zero-order valence-electron chi connectivity index (χ0n) is 8.32. The molecule has 0 aliphatic carbocycles. The van der Waals surface area contributed by atoms with Crippen molar-refractivity contribution >= 4 is 17.7 Å². The summed E-state index contributed by atoms with van der Waals surface area (Å²) in [6.07, 6.45) is 2.61. The number of hydrogen-bond donors (Lipinski definition) is 2. The standard InChI is InChI=1S/C9H18N2O2S/c10-8(9(12)13)7-14-6-5-11-3-1-2-4-11/h8H,1-7,10H2,(H,12,13). The Morgan fingerprint density at radius 2 is 2.14 bits per heavy atom. The number of aliphatic carboxylic acids is 1. The molecule has 82 valence electrons. The minimum Gasteiger partial charge on any atom is -0.480 e. The Morgan fingerprint density at radius 3 is 2.71 bits per heavy atom. The molecule has 1 heterocycles. The van der Waals surface area contributed by atoms with Gasteiger partial charge in [-0.3, -0.25) is 4.79 Å². The first kappa shape index (κ1) is 11.8. The first-order valence-corrected chi connectivity index (χ1v) is 6.14. The number of nitrogens with zero attached hydrogens (tertiary/aromatic N) is 1. The minimum atomic E-state index is -0.904. The zero-order chi connectivity index (χ0) is 10.4. The van der Waals surface area contributed by atoms with Crippen LogP contribution in [0, 0.1) is 0 Å². The van der Waals surface area contributed by atoms with E-state index in [9.17, 15) is 4.79 Å². The average Bonchev–Trinajstić information content (AvgIpc) is 2.64. The van der Waals surface area contributed by atoms with Crippen LogP contribution in [0.4, 0.5) is 0 Å². The van der Waals surface area contributed by atoms with Gasteiger partial charge in [-0.15, -0.1) is 0 Å². The van der Waals surface area contributed by atoms with Crippen molar-refractivity contribution in [2.24, 2.45) is 5.73 Å². The molecular weight excluding hydrogens is 200 g/mol. The number of carboxylic acids is 1. The number of nitrogens with two attached hydrogens (primary N) is 1. The van der Waals surface area contributed by atoms with Gasteiger partial charge in [-0.2, -0.15) is 11.8 Å². The first-order valence-electron chi connectivity index (χ1n) is 4.98. The maximum Gasteiger partial charge on any atom is 0.321 e. The van der Waals surface area contributed by atoms with Crippen molar-refractivity contribution in [1.29, 1.82) is 0 Å². The van der Waals surface area contributed by atoms with Crippen molar-refractivity contribution in [2.45, 2.75) is 18.9 Å². The third-order valence-electron chi connectivity index (χ3n) is 2.37. The van der Waals surface area contributed by atoms with Crippen LogP contribution in [0.5, 0.6) is 0 Å². The fraction of sp³-hybridized carbons (Fsp3) is 0.889. The molecular formula is C9H18N2O2S. The molecule has 14 heavy (non-hydrogen) atoms. The highest BCUT2D eigenvalue weighted by Gasteiger charge is 2.13. The predicted molar refractivity (Wildman–Crippen MR) is 58.6 cm³/mol. The summed E-state index contributed by atoms with van der Waals surface area (Å²) in [6.45, 7) is 3.47. The lowest BCUT2D eigenvalue weighted by Crippen LogP contribution is -2.33. The highest BCUT2D eigenvalue weighted by atomic mass is 32.2. The van der Waals surface area contributed by atoms with Crippen LogP contribution in [-0.4, -0.2) is 53.2 Å². The van der Waals surface area contributed by atoms with Gasteiger partial charge in [-0.25, -0.2) is 0 Å². The minimum absolute atomic E-state index is 0.517. The van der Waals surface area contributed by atoms with E-state index in [2.05, 4.69) is 4.90 Å². The van der Waals surface area contributed by atoms with Crippen LogP contribution in [0.15, 0.2) is 0 Å². The Labute approximate surface area is 88.8 Å². The van der Waals surface area contributed by atoms with Crippen molar-refractivity contribution in [2.75, 3.05) is 31.1 Å². The second-order valence-corrected chi connectivity index (χ2v) is 4.72. The normalized spacial score (nSPS) is 19.8. The largest absolute Gasteiger partial charge is 0.480 e. The maximum atomic E-state index is 10.4. The van der Waals surface area contributed by atoms with Gasteiger partial charge < -0.3 is 15.7 Å². The van der Waals surface area contributed by atoms with Gasteiger partial charge in [0, 0.05) is 18.1 Å². The summed E-state index contributed by atoms with van der Waals surface area (Å²) in [5.74, 6) is 0.600. The van der Waals surface area contributed by atoms with E-state index in [-0.39, 0.29) is 0 Å². The molecule has 1 fully saturated rings. The third kappa shape index (κ3) is 4.30. The summed E-state index contributed by atoms with van der Waals surface area (Å²) < 4.78 is 0. The molecule has 1 unspecified atom stereocenters. The fourth-order valence-electron chi connectivity index (χ4n) is 1.48. The van der Waals surface area contributed by atoms with Crippen LogP contribution < -0.4 is 5.73 Å². The number of hydrogen-bond acceptors (Lipinski definition) is 4. The lowest BCUT2D eigenvalue weighted by Gasteiger charge is -2.14. The number of likely N-dealkylation sites (tertiary alicyclic amines) is 1. The summed E-state index contributed by atoms with van der Waals surface area (Å²) in [7, 11) is 0. The van der Waals surface area contributed by atoms with Crippen LogP contribution in [-0.2, 0) is 4.79 Å². The van der Waals surface area contributed by atoms with Crippen molar-refractivity contribution in [3.8, 4) is 0 Å². The molecule has 1 rings (SSSR count). The molecule has 5 heteroatoms. The molecule has 1 aliphatic heterocycles. The van der Waals surface area contributed by atoms with Crippen molar-refractivity contribution in [3.63, 3.8) is 0 Å². The molecule has 0 amide bonds. The SMILES string of the molecule is NC(CSCCN1CCCC1)C(=O)O.